The fraction of sp³-hybridized carbons (Fsp3) is 0.0833. The Morgan fingerprint density at radius 3 is 2.67 bits per heavy atom. The molecular formula is C12H11FN2O2S. The van der Waals surface area contributed by atoms with Crippen molar-refractivity contribution in [2.24, 2.45) is 0 Å². The van der Waals surface area contributed by atoms with E-state index in [1.807, 2.05) is 0 Å². The summed E-state index contributed by atoms with van der Waals surface area (Å²) in [6.07, 6.45) is 2.35. The molecule has 0 aliphatic heterocycles. The number of hydrogen-bond donors (Lipinski definition) is 1. The fourth-order valence-corrected chi connectivity index (χ4v) is 2.91. The highest BCUT2D eigenvalue weighted by Crippen LogP contribution is 2.18. The molecule has 0 amide bonds. The average Bonchev–Trinajstić information content (AvgIpc) is 2.28. The van der Waals surface area contributed by atoms with Crippen LogP contribution in [0.1, 0.15) is 5.56 Å². The number of anilines is 1. The van der Waals surface area contributed by atoms with Crippen LogP contribution in [0, 0.1) is 5.82 Å². The molecule has 4 nitrogen and oxygen atoms in total. The van der Waals surface area contributed by atoms with Crippen LogP contribution in [0.15, 0.2) is 47.6 Å². The lowest BCUT2D eigenvalue weighted by Gasteiger charge is -2.05. The maximum atomic E-state index is 12.9. The van der Waals surface area contributed by atoms with E-state index in [0.29, 0.717) is 11.3 Å². The van der Waals surface area contributed by atoms with Gasteiger partial charge in [0, 0.05) is 11.9 Å². The van der Waals surface area contributed by atoms with Crippen LogP contribution in [0.2, 0.25) is 0 Å². The second kappa shape index (κ2) is 4.73. The predicted octanol–water partition coefficient (Wildman–Crippen LogP) is 1.78. The largest absolute Gasteiger partial charge is 0.399 e. The van der Waals surface area contributed by atoms with Gasteiger partial charge in [-0.3, -0.25) is 4.98 Å². The summed E-state index contributed by atoms with van der Waals surface area (Å²) in [5, 5.41) is 0. The normalized spacial score (nSPS) is 11.4. The van der Waals surface area contributed by atoms with E-state index in [9.17, 15) is 12.8 Å². The molecule has 0 saturated heterocycles. The Bertz CT molecular complexity index is 671. The first-order valence-electron chi connectivity index (χ1n) is 5.15. The summed E-state index contributed by atoms with van der Waals surface area (Å²) in [5.74, 6) is -0.864. The first-order chi connectivity index (χ1) is 8.47. The third-order valence-electron chi connectivity index (χ3n) is 2.34. The van der Waals surface area contributed by atoms with Gasteiger partial charge < -0.3 is 5.73 Å². The van der Waals surface area contributed by atoms with Gasteiger partial charge in [0.2, 0.25) is 0 Å². The van der Waals surface area contributed by atoms with Gasteiger partial charge in [-0.25, -0.2) is 12.8 Å². The van der Waals surface area contributed by atoms with E-state index in [0.717, 1.165) is 12.3 Å². The molecular weight excluding hydrogens is 255 g/mol. The molecule has 0 fully saturated rings. The maximum Gasteiger partial charge on any atom is 0.182 e. The van der Waals surface area contributed by atoms with Crippen LogP contribution < -0.4 is 5.73 Å². The fourth-order valence-electron chi connectivity index (χ4n) is 1.55. The SMILES string of the molecule is Nc1cccc(S(=O)(=O)Cc2cncc(F)c2)c1. The zero-order valence-corrected chi connectivity index (χ0v) is 10.2. The van der Waals surface area contributed by atoms with Crippen LogP contribution >= 0.6 is 0 Å². The molecule has 2 N–H and O–H groups in total. The Balaban J connectivity index is 2.33. The summed E-state index contributed by atoms with van der Waals surface area (Å²) in [7, 11) is -3.54. The van der Waals surface area contributed by atoms with Crippen LogP contribution in [0.3, 0.4) is 0 Å². The van der Waals surface area contributed by atoms with Gasteiger partial charge in [0.15, 0.2) is 9.84 Å². The summed E-state index contributed by atoms with van der Waals surface area (Å²) in [5.41, 5.74) is 6.21. The van der Waals surface area contributed by atoms with E-state index in [-0.39, 0.29) is 10.6 Å². The number of sulfone groups is 1. The lowest BCUT2D eigenvalue weighted by atomic mass is 10.3. The van der Waals surface area contributed by atoms with E-state index in [4.69, 9.17) is 5.73 Å². The minimum atomic E-state index is -3.54. The zero-order valence-electron chi connectivity index (χ0n) is 9.38. The number of aromatic nitrogens is 1. The Labute approximate surface area is 104 Å². The number of nitrogens with zero attached hydrogens (tertiary/aromatic N) is 1. The Kier molecular flexibility index (Phi) is 3.29. The van der Waals surface area contributed by atoms with Gasteiger partial charge in [-0.2, -0.15) is 0 Å². The van der Waals surface area contributed by atoms with Crippen molar-refractivity contribution >= 4 is 15.5 Å². The van der Waals surface area contributed by atoms with Crippen molar-refractivity contribution in [2.45, 2.75) is 10.6 Å². The average molecular weight is 266 g/mol. The van der Waals surface area contributed by atoms with Crippen molar-refractivity contribution in [3.63, 3.8) is 0 Å². The molecule has 94 valence electrons. The van der Waals surface area contributed by atoms with Crippen molar-refractivity contribution in [1.82, 2.24) is 4.98 Å². The van der Waals surface area contributed by atoms with Gasteiger partial charge in [-0.1, -0.05) is 6.07 Å². The number of nitrogen functional groups attached to an aromatic ring is 1. The maximum absolute atomic E-state index is 12.9. The van der Waals surface area contributed by atoms with Gasteiger partial charge in [0.05, 0.1) is 16.8 Å². The smallest absolute Gasteiger partial charge is 0.182 e. The van der Waals surface area contributed by atoms with E-state index >= 15 is 0 Å². The molecule has 0 radical (unpaired) electrons. The van der Waals surface area contributed by atoms with Gasteiger partial charge in [-0.05, 0) is 29.8 Å². The Hall–Kier alpha value is -1.95. The van der Waals surface area contributed by atoms with Crippen LogP contribution in [0.25, 0.3) is 0 Å². The molecule has 0 bridgehead atoms. The highest BCUT2D eigenvalue weighted by atomic mass is 32.2. The quantitative estimate of drug-likeness (QED) is 0.859. The minimum absolute atomic E-state index is 0.117. The zero-order chi connectivity index (χ0) is 13.2. The van der Waals surface area contributed by atoms with Crippen molar-refractivity contribution < 1.29 is 12.8 Å². The monoisotopic (exact) mass is 266 g/mol. The summed E-state index contributed by atoms with van der Waals surface area (Å²) in [6.45, 7) is 0. The van der Waals surface area contributed by atoms with E-state index in [1.165, 1.54) is 18.3 Å². The predicted molar refractivity (Wildman–Crippen MR) is 65.9 cm³/mol. The standard InChI is InChI=1S/C12H11FN2O2S/c13-10-4-9(6-15-7-10)8-18(16,17)12-3-1-2-11(14)5-12/h1-7H,8,14H2. The highest BCUT2D eigenvalue weighted by Gasteiger charge is 2.16. The molecule has 0 atom stereocenters. The van der Waals surface area contributed by atoms with Crippen molar-refractivity contribution in [2.75, 3.05) is 5.73 Å². The van der Waals surface area contributed by atoms with E-state index in [1.54, 1.807) is 12.1 Å². The summed E-state index contributed by atoms with van der Waals surface area (Å²) in [4.78, 5) is 3.73. The third kappa shape index (κ3) is 2.84. The van der Waals surface area contributed by atoms with Gasteiger partial charge in [0.1, 0.15) is 5.82 Å². The molecule has 6 heteroatoms. The second-order valence-corrected chi connectivity index (χ2v) is 5.83. The van der Waals surface area contributed by atoms with Crippen molar-refractivity contribution in [3.8, 4) is 0 Å². The second-order valence-electron chi connectivity index (χ2n) is 3.84. The molecule has 2 rings (SSSR count). The molecule has 0 spiro atoms. The summed E-state index contributed by atoms with van der Waals surface area (Å²) in [6, 6.07) is 7.14. The molecule has 0 unspecified atom stereocenters. The van der Waals surface area contributed by atoms with Crippen LogP contribution in [0.4, 0.5) is 10.1 Å². The van der Waals surface area contributed by atoms with E-state index in [2.05, 4.69) is 4.98 Å². The van der Waals surface area contributed by atoms with E-state index < -0.39 is 15.7 Å². The number of halogens is 1. The Morgan fingerprint density at radius 1 is 1.22 bits per heavy atom. The van der Waals surface area contributed by atoms with Crippen LogP contribution in [0.5, 0.6) is 0 Å². The first kappa shape index (κ1) is 12.5. The third-order valence-corrected chi connectivity index (χ3v) is 4.02. The minimum Gasteiger partial charge on any atom is -0.399 e. The molecule has 1 aromatic carbocycles. The molecule has 2 aromatic rings. The lowest BCUT2D eigenvalue weighted by Crippen LogP contribution is -2.06. The number of benzene rings is 1. The lowest BCUT2D eigenvalue weighted by molar-refractivity contribution is 0.594. The molecule has 0 aliphatic rings. The number of pyridine rings is 1. The topological polar surface area (TPSA) is 73.1 Å². The Morgan fingerprint density at radius 2 is 2.00 bits per heavy atom. The highest BCUT2D eigenvalue weighted by molar-refractivity contribution is 7.90. The van der Waals surface area contributed by atoms with Gasteiger partial charge in [-0.15, -0.1) is 0 Å². The van der Waals surface area contributed by atoms with Gasteiger partial charge in [0.25, 0.3) is 0 Å². The summed E-state index contributed by atoms with van der Waals surface area (Å²) < 4.78 is 37.1. The molecule has 1 aromatic heterocycles. The number of hydrogen-bond acceptors (Lipinski definition) is 4. The molecule has 0 saturated carbocycles. The molecule has 18 heavy (non-hydrogen) atoms. The number of rotatable bonds is 3. The van der Waals surface area contributed by atoms with Crippen molar-refractivity contribution in [1.29, 1.82) is 0 Å². The van der Waals surface area contributed by atoms with Gasteiger partial charge >= 0.3 is 0 Å². The van der Waals surface area contributed by atoms with Crippen molar-refractivity contribution in [3.05, 3.63) is 54.1 Å². The summed E-state index contributed by atoms with van der Waals surface area (Å²) >= 11 is 0. The molecule has 1 heterocycles. The first-order valence-corrected chi connectivity index (χ1v) is 6.80. The molecule has 0 aliphatic carbocycles. The van der Waals surface area contributed by atoms with Crippen LogP contribution in [-0.2, 0) is 15.6 Å². The van der Waals surface area contributed by atoms with Crippen LogP contribution in [-0.4, -0.2) is 13.4 Å². The number of nitrogens with two attached hydrogens (primary N) is 1.